The first kappa shape index (κ1) is 14.5. The molecule has 2 rings (SSSR count). The van der Waals surface area contributed by atoms with Crippen LogP contribution in [0.5, 0.6) is 0 Å². The number of likely N-dealkylation sites (N-methyl/N-ethyl adjacent to an activating group) is 1. The fourth-order valence-corrected chi connectivity index (χ4v) is 3.23. The van der Waals surface area contributed by atoms with Crippen molar-refractivity contribution in [2.75, 3.05) is 26.8 Å². The van der Waals surface area contributed by atoms with Crippen LogP contribution in [0.4, 0.5) is 0 Å². The zero-order chi connectivity index (χ0) is 13.5. The lowest BCUT2D eigenvalue weighted by Crippen LogP contribution is -2.33. The minimum absolute atomic E-state index is 0.0823. The molecule has 1 fully saturated rings. The molecule has 4 heteroatoms. The van der Waals surface area contributed by atoms with Crippen LogP contribution < -0.4 is 0 Å². The molecule has 1 N–H and O–H groups in total. The average Bonchev–Trinajstić information content (AvgIpc) is 2.84. The molecular weight excluding hydrogens is 258 g/mol. The molecule has 104 valence electrons. The summed E-state index contributed by atoms with van der Waals surface area (Å²) in [7, 11) is 2.13. The summed E-state index contributed by atoms with van der Waals surface area (Å²) in [5, 5.41) is 10.8. The van der Waals surface area contributed by atoms with E-state index in [9.17, 15) is 0 Å². The summed E-state index contributed by atoms with van der Waals surface area (Å²) in [6.07, 6.45) is 4.04. The molecule has 1 atom stereocenters. The number of aliphatic hydroxyl groups excluding tert-OH is 1. The van der Waals surface area contributed by atoms with Gasteiger partial charge in [-0.25, -0.2) is 0 Å². The molecule has 0 aliphatic carbocycles. The first-order valence-corrected chi connectivity index (χ1v) is 7.64. The SMILES string of the molecule is CN(Cc1sccc1C#CCO)CC1CCCCO1. The first-order chi connectivity index (χ1) is 9.29. The molecule has 0 radical (unpaired) electrons. The van der Waals surface area contributed by atoms with Gasteiger partial charge in [-0.1, -0.05) is 11.8 Å². The number of hydrogen-bond acceptors (Lipinski definition) is 4. The maximum Gasteiger partial charge on any atom is 0.104 e. The van der Waals surface area contributed by atoms with Crippen molar-refractivity contribution in [1.82, 2.24) is 4.90 Å². The normalized spacial score (nSPS) is 19.2. The van der Waals surface area contributed by atoms with Crippen LogP contribution in [-0.4, -0.2) is 42.9 Å². The minimum atomic E-state index is -0.0823. The van der Waals surface area contributed by atoms with E-state index in [1.807, 2.05) is 6.07 Å². The zero-order valence-electron chi connectivity index (χ0n) is 11.4. The van der Waals surface area contributed by atoms with Gasteiger partial charge in [-0.3, -0.25) is 4.90 Å². The van der Waals surface area contributed by atoms with Gasteiger partial charge in [-0.05, 0) is 37.8 Å². The summed E-state index contributed by atoms with van der Waals surface area (Å²) in [6, 6.07) is 2.02. The Hall–Kier alpha value is -0.860. The second-order valence-electron chi connectivity index (χ2n) is 4.90. The Bertz CT molecular complexity index is 440. The predicted octanol–water partition coefficient (Wildman–Crippen LogP) is 2.09. The summed E-state index contributed by atoms with van der Waals surface area (Å²) < 4.78 is 5.76. The summed E-state index contributed by atoms with van der Waals surface area (Å²) >= 11 is 1.72. The van der Waals surface area contributed by atoms with Gasteiger partial charge < -0.3 is 9.84 Å². The molecule has 1 aliphatic heterocycles. The van der Waals surface area contributed by atoms with Crippen molar-refractivity contribution in [2.24, 2.45) is 0 Å². The summed E-state index contributed by atoms with van der Waals surface area (Å²) in [4.78, 5) is 3.56. The molecule has 1 aliphatic rings. The lowest BCUT2D eigenvalue weighted by molar-refractivity contribution is -0.00246. The van der Waals surface area contributed by atoms with Crippen LogP contribution in [0, 0.1) is 11.8 Å². The predicted molar refractivity (Wildman–Crippen MR) is 78.2 cm³/mol. The smallest absolute Gasteiger partial charge is 0.104 e. The maximum atomic E-state index is 8.76. The third kappa shape index (κ3) is 4.63. The highest BCUT2D eigenvalue weighted by Gasteiger charge is 2.16. The van der Waals surface area contributed by atoms with Gasteiger partial charge in [0.15, 0.2) is 0 Å². The third-order valence-electron chi connectivity index (χ3n) is 3.25. The number of ether oxygens (including phenoxy) is 1. The van der Waals surface area contributed by atoms with Crippen molar-refractivity contribution in [3.63, 3.8) is 0 Å². The van der Waals surface area contributed by atoms with E-state index < -0.39 is 0 Å². The van der Waals surface area contributed by atoms with Gasteiger partial charge in [0.25, 0.3) is 0 Å². The molecule has 0 amide bonds. The fraction of sp³-hybridized carbons (Fsp3) is 0.600. The Morgan fingerprint density at radius 2 is 2.42 bits per heavy atom. The number of aliphatic hydroxyl groups is 1. The van der Waals surface area contributed by atoms with Gasteiger partial charge in [0.05, 0.1) is 6.10 Å². The Morgan fingerprint density at radius 3 is 3.16 bits per heavy atom. The molecule has 0 saturated carbocycles. The van der Waals surface area contributed by atoms with Crippen LogP contribution in [0.2, 0.25) is 0 Å². The molecule has 1 saturated heterocycles. The number of thiophene rings is 1. The molecule has 0 spiro atoms. The van der Waals surface area contributed by atoms with Crippen LogP contribution in [0.25, 0.3) is 0 Å². The Balaban J connectivity index is 1.87. The Labute approximate surface area is 119 Å². The molecule has 0 aromatic carbocycles. The van der Waals surface area contributed by atoms with E-state index in [4.69, 9.17) is 9.84 Å². The monoisotopic (exact) mass is 279 g/mol. The van der Waals surface area contributed by atoms with Gasteiger partial charge in [-0.15, -0.1) is 11.3 Å². The summed E-state index contributed by atoms with van der Waals surface area (Å²) in [6.45, 7) is 2.70. The zero-order valence-corrected chi connectivity index (χ0v) is 12.2. The molecule has 2 heterocycles. The topological polar surface area (TPSA) is 32.7 Å². The van der Waals surface area contributed by atoms with Crippen molar-refractivity contribution in [3.8, 4) is 11.8 Å². The summed E-state index contributed by atoms with van der Waals surface area (Å²) in [5.74, 6) is 5.72. The van der Waals surface area contributed by atoms with E-state index in [1.165, 1.54) is 24.1 Å². The number of rotatable bonds is 4. The highest BCUT2D eigenvalue weighted by atomic mass is 32.1. The van der Waals surface area contributed by atoms with Gasteiger partial charge in [0.1, 0.15) is 6.61 Å². The van der Waals surface area contributed by atoms with Crippen molar-refractivity contribution < 1.29 is 9.84 Å². The minimum Gasteiger partial charge on any atom is -0.384 e. The van der Waals surface area contributed by atoms with E-state index in [2.05, 4.69) is 29.2 Å². The molecule has 1 unspecified atom stereocenters. The van der Waals surface area contributed by atoms with Crippen LogP contribution >= 0.6 is 11.3 Å². The van der Waals surface area contributed by atoms with Crippen LogP contribution in [0.3, 0.4) is 0 Å². The second kappa shape index (κ2) is 7.66. The van der Waals surface area contributed by atoms with E-state index in [-0.39, 0.29) is 6.61 Å². The van der Waals surface area contributed by atoms with Gasteiger partial charge in [-0.2, -0.15) is 0 Å². The standard InChI is InChI=1S/C15H21NO2S/c1-16(11-14-6-2-3-9-18-14)12-15-13(5-4-8-17)7-10-19-15/h7,10,14,17H,2-3,6,8-9,11-12H2,1H3. The van der Waals surface area contributed by atoms with Crippen LogP contribution in [0.1, 0.15) is 29.7 Å². The highest BCUT2D eigenvalue weighted by Crippen LogP contribution is 2.19. The maximum absolute atomic E-state index is 8.76. The average molecular weight is 279 g/mol. The van der Waals surface area contributed by atoms with Gasteiger partial charge in [0, 0.05) is 30.1 Å². The number of hydrogen-bond donors (Lipinski definition) is 1. The van der Waals surface area contributed by atoms with E-state index in [1.54, 1.807) is 11.3 Å². The van der Waals surface area contributed by atoms with Crippen LogP contribution in [-0.2, 0) is 11.3 Å². The van der Waals surface area contributed by atoms with Crippen molar-refractivity contribution in [1.29, 1.82) is 0 Å². The highest BCUT2D eigenvalue weighted by molar-refractivity contribution is 7.10. The Morgan fingerprint density at radius 1 is 1.53 bits per heavy atom. The lowest BCUT2D eigenvalue weighted by atomic mass is 10.1. The van der Waals surface area contributed by atoms with E-state index in [0.29, 0.717) is 6.10 Å². The molecule has 19 heavy (non-hydrogen) atoms. The van der Waals surface area contributed by atoms with Gasteiger partial charge >= 0.3 is 0 Å². The van der Waals surface area contributed by atoms with Crippen molar-refractivity contribution in [2.45, 2.75) is 31.9 Å². The lowest BCUT2D eigenvalue weighted by Gasteiger charge is -2.27. The first-order valence-electron chi connectivity index (χ1n) is 6.76. The molecule has 3 nitrogen and oxygen atoms in total. The largest absolute Gasteiger partial charge is 0.384 e. The summed E-state index contributed by atoms with van der Waals surface area (Å²) in [5.41, 5.74) is 1.04. The van der Waals surface area contributed by atoms with Crippen LogP contribution in [0.15, 0.2) is 11.4 Å². The van der Waals surface area contributed by atoms with Crippen molar-refractivity contribution >= 4 is 11.3 Å². The number of nitrogens with zero attached hydrogens (tertiary/aromatic N) is 1. The Kier molecular flexibility index (Phi) is 5.87. The second-order valence-corrected chi connectivity index (χ2v) is 5.90. The van der Waals surface area contributed by atoms with E-state index in [0.717, 1.165) is 25.3 Å². The quantitative estimate of drug-likeness (QED) is 0.857. The fourth-order valence-electron chi connectivity index (χ4n) is 2.32. The molecule has 0 bridgehead atoms. The van der Waals surface area contributed by atoms with E-state index >= 15 is 0 Å². The van der Waals surface area contributed by atoms with Gasteiger partial charge in [0.2, 0.25) is 0 Å². The molecule has 1 aromatic heterocycles. The molecular formula is C15H21NO2S. The third-order valence-corrected chi connectivity index (χ3v) is 4.16. The van der Waals surface area contributed by atoms with Crippen molar-refractivity contribution in [3.05, 3.63) is 21.9 Å². The molecule has 1 aromatic rings.